The molecule has 0 fully saturated rings. The predicted molar refractivity (Wildman–Crippen MR) is 127 cm³/mol. The maximum Gasteiger partial charge on any atom is 0.263 e. The second-order valence-electron chi connectivity index (χ2n) is 7.56. The number of carbonyl (C=O) groups excluding carboxylic acids is 1. The highest BCUT2D eigenvalue weighted by Crippen LogP contribution is 2.30. The van der Waals surface area contributed by atoms with Crippen molar-refractivity contribution in [1.82, 2.24) is 25.3 Å². The fourth-order valence-electron chi connectivity index (χ4n) is 3.44. The number of hydrogen-bond donors (Lipinski definition) is 1. The minimum absolute atomic E-state index is 0.204. The molecule has 170 valence electrons. The summed E-state index contributed by atoms with van der Waals surface area (Å²) in [5.74, 6) is 1.18. The van der Waals surface area contributed by atoms with Crippen LogP contribution in [0.5, 0.6) is 11.5 Å². The average Bonchev–Trinajstić information content (AvgIpc) is 3.40. The van der Waals surface area contributed by atoms with Gasteiger partial charge in [-0.3, -0.25) is 4.79 Å². The van der Waals surface area contributed by atoms with Crippen LogP contribution in [0.15, 0.2) is 42.5 Å². The molecule has 2 heterocycles. The van der Waals surface area contributed by atoms with Crippen LogP contribution in [-0.2, 0) is 6.54 Å². The molecule has 8 nitrogen and oxygen atoms in total. The lowest BCUT2D eigenvalue weighted by atomic mass is 10.2. The first kappa shape index (κ1) is 22.5. The molecule has 9 heteroatoms. The number of carbonyl (C=O) groups is 1. The van der Waals surface area contributed by atoms with Crippen molar-refractivity contribution >= 4 is 17.2 Å². The van der Waals surface area contributed by atoms with E-state index in [1.54, 1.807) is 18.9 Å². The number of hydrogen-bond acceptors (Lipinski definition) is 7. The van der Waals surface area contributed by atoms with Crippen LogP contribution in [0.25, 0.3) is 16.4 Å². The van der Waals surface area contributed by atoms with Gasteiger partial charge in [-0.2, -0.15) is 0 Å². The maximum absolute atomic E-state index is 12.9. The van der Waals surface area contributed by atoms with Crippen LogP contribution in [0, 0.1) is 20.8 Å². The number of amides is 1. The van der Waals surface area contributed by atoms with Crippen molar-refractivity contribution in [2.45, 2.75) is 27.3 Å². The number of aryl methyl sites for hydroxylation is 2. The van der Waals surface area contributed by atoms with E-state index >= 15 is 0 Å². The molecular formula is C24H25N5O3S. The van der Waals surface area contributed by atoms with E-state index in [1.807, 2.05) is 63.2 Å². The quantitative estimate of drug-likeness (QED) is 0.440. The molecule has 0 aliphatic rings. The number of nitrogens with one attached hydrogen (secondary N) is 1. The van der Waals surface area contributed by atoms with Gasteiger partial charge in [0.1, 0.15) is 27.1 Å². The van der Waals surface area contributed by atoms with Crippen molar-refractivity contribution in [1.29, 1.82) is 0 Å². The van der Waals surface area contributed by atoms with Crippen molar-refractivity contribution in [2.75, 3.05) is 14.2 Å². The Kier molecular flexibility index (Phi) is 6.41. The first-order chi connectivity index (χ1) is 15.9. The summed E-state index contributed by atoms with van der Waals surface area (Å²) in [7, 11) is 3.20. The molecule has 4 rings (SSSR count). The lowest BCUT2D eigenvalue weighted by Crippen LogP contribution is -2.22. The van der Waals surface area contributed by atoms with Crippen LogP contribution in [0.3, 0.4) is 0 Å². The fraction of sp³-hybridized carbons (Fsp3) is 0.250. The standard InChI is InChI=1S/C24H25N5O3S/c1-14-6-8-18(9-7-14)29-16(3)21(27-28-29)24-26-15(2)22(33-24)23(30)25-13-17-12-19(31-4)10-11-20(17)32-5/h6-12H,13H2,1-5H3,(H,25,30). The number of aromatic nitrogens is 4. The molecule has 4 aromatic rings. The molecule has 0 saturated carbocycles. The zero-order valence-electron chi connectivity index (χ0n) is 19.2. The molecule has 0 unspecified atom stereocenters. The molecule has 2 aromatic heterocycles. The Morgan fingerprint density at radius 1 is 1.06 bits per heavy atom. The van der Waals surface area contributed by atoms with Gasteiger partial charge in [0.25, 0.3) is 5.91 Å². The molecule has 0 saturated heterocycles. The Hall–Kier alpha value is -3.72. The number of nitrogens with zero attached hydrogens (tertiary/aromatic N) is 4. The Labute approximate surface area is 196 Å². The van der Waals surface area contributed by atoms with Gasteiger partial charge in [0, 0.05) is 12.1 Å². The number of thiazole rings is 1. The van der Waals surface area contributed by atoms with Gasteiger partial charge in [-0.25, -0.2) is 9.67 Å². The summed E-state index contributed by atoms with van der Waals surface area (Å²) in [5, 5.41) is 12.2. The summed E-state index contributed by atoms with van der Waals surface area (Å²) < 4.78 is 12.4. The molecule has 1 N–H and O–H groups in total. The molecule has 33 heavy (non-hydrogen) atoms. The zero-order valence-corrected chi connectivity index (χ0v) is 20.0. The van der Waals surface area contributed by atoms with Crippen LogP contribution in [0.4, 0.5) is 0 Å². The van der Waals surface area contributed by atoms with Crippen LogP contribution < -0.4 is 14.8 Å². The van der Waals surface area contributed by atoms with Crippen LogP contribution in [0.1, 0.15) is 32.2 Å². The monoisotopic (exact) mass is 463 g/mol. The number of benzene rings is 2. The zero-order chi connectivity index (χ0) is 23.5. The van der Waals surface area contributed by atoms with E-state index in [0.29, 0.717) is 39.3 Å². The topological polar surface area (TPSA) is 91.2 Å². The van der Waals surface area contributed by atoms with Gasteiger partial charge in [0.2, 0.25) is 0 Å². The van der Waals surface area contributed by atoms with E-state index in [2.05, 4.69) is 20.6 Å². The Balaban J connectivity index is 1.54. The third-order valence-electron chi connectivity index (χ3n) is 5.31. The highest BCUT2D eigenvalue weighted by molar-refractivity contribution is 7.17. The third-order valence-corrected chi connectivity index (χ3v) is 6.47. The van der Waals surface area contributed by atoms with Gasteiger partial charge >= 0.3 is 0 Å². The summed E-state index contributed by atoms with van der Waals surface area (Å²) in [6, 6.07) is 13.5. The fourth-order valence-corrected chi connectivity index (χ4v) is 4.46. The highest BCUT2D eigenvalue weighted by Gasteiger charge is 2.21. The molecule has 0 bridgehead atoms. The first-order valence-corrected chi connectivity index (χ1v) is 11.2. The summed E-state index contributed by atoms with van der Waals surface area (Å²) in [6.45, 7) is 6.11. The minimum atomic E-state index is -0.204. The lowest BCUT2D eigenvalue weighted by Gasteiger charge is -2.11. The van der Waals surface area contributed by atoms with E-state index < -0.39 is 0 Å². The summed E-state index contributed by atoms with van der Waals surface area (Å²) >= 11 is 1.30. The van der Waals surface area contributed by atoms with E-state index in [1.165, 1.54) is 16.9 Å². The number of ether oxygens (including phenoxy) is 2. The van der Waals surface area contributed by atoms with Gasteiger partial charge in [-0.15, -0.1) is 16.4 Å². The van der Waals surface area contributed by atoms with E-state index in [9.17, 15) is 4.79 Å². The summed E-state index contributed by atoms with van der Waals surface area (Å²) in [5.41, 5.74) is 5.10. The number of methoxy groups -OCH3 is 2. The van der Waals surface area contributed by atoms with Gasteiger partial charge in [-0.05, 0) is 51.1 Å². The van der Waals surface area contributed by atoms with Crippen LogP contribution in [0.2, 0.25) is 0 Å². The predicted octanol–water partition coefficient (Wildman–Crippen LogP) is 4.26. The van der Waals surface area contributed by atoms with Gasteiger partial charge in [0.15, 0.2) is 0 Å². The highest BCUT2D eigenvalue weighted by atomic mass is 32.1. The van der Waals surface area contributed by atoms with E-state index in [4.69, 9.17) is 9.47 Å². The smallest absolute Gasteiger partial charge is 0.263 e. The molecule has 0 aliphatic carbocycles. The van der Waals surface area contributed by atoms with Crippen molar-refractivity contribution in [3.8, 4) is 27.9 Å². The molecule has 2 aromatic carbocycles. The summed E-state index contributed by atoms with van der Waals surface area (Å²) in [4.78, 5) is 18.1. The molecule has 0 aliphatic heterocycles. The molecule has 0 radical (unpaired) electrons. The van der Waals surface area contributed by atoms with E-state index in [0.717, 1.165) is 16.9 Å². The first-order valence-electron chi connectivity index (χ1n) is 10.4. The van der Waals surface area contributed by atoms with Gasteiger partial charge in [-0.1, -0.05) is 22.9 Å². The van der Waals surface area contributed by atoms with Gasteiger partial charge < -0.3 is 14.8 Å². The van der Waals surface area contributed by atoms with E-state index in [-0.39, 0.29) is 5.91 Å². The number of rotatable bonds is 7. The Bertz CT molecular complexity index is 1290. The van der Waals surface area contributed by atoms with Crippen molar-refractivity contribution < 1.29 is 14.3 Å². The average molecular weight is 464 g/mol. The second-order valence-corrected chi connectivity index (χ2v) is 8.56. The van der Waals surface area contributed by atoms with Crippen molar-refractivity contribution in [2.24, 2.45) is 0 Å². The van der Waals surface area contributed by atoms with Crippen LogP contribution in [-0.4, -0.2) is 40.1 Å². The van der Waals surface area contributed by atoms with Crippen molar-refractivity contribution in [3.63, 3.8) is 0 Å². The molecule has 0 atom stereocenters. The lowest BCUT2D eigenvalue weighted by molar-refractivity contribution is 0.0954. The van der Waals surface area contributed by atoms with Gasteiger partial charge in [0.05, 0.1) is 31.3 Å². The Morgan fingerprint density at radius 3 is 2.52 bits per heavy atom. The van der Waals surface area contributed by atoms with Crippen molar-refractivity contribution in [3.05, 3.63) is 69.9 Å². The molecular weight excluding hydrogens is 438 g/mol. The SMILES string of the molecule is COc1ccc(OC)c(CNC(=O)c2sc(-c3nnn(-c4ccc(C)cc4)c3C)nc2C)c1. The summed E-state index contributed by atoms with van der Waals surface area (Å²) in [6.07, 6.45) is 0. The van der Waals surface area contributed by atoms with Crippen LogP contribution >= 0.6 is 11.3 Å². The molecule has 0 spiro atoms. The second kappa shape index (κ2) is 9.41. The maximum atomic E-state index is 12.9. The Morgan fingerprint density at radius 2 is 1.82 bits per heavy atom. The molecule has 1 amide bonds. The minimum Gasteiger partial charge on any atom is -0.497 e. The largest absolute Gasteiger partial charge is 0.497 e. The normalized spacial score (nSPS) is 10.8. The third kappa shape index (κ3) is 4.58.